The molecule has 7 heteroatoms. The molecule has 2 heterocycles. The van der Waals surface area contributed by atoms with Gasteiger partial charge in [0.25, 0.3) is 5.91 Å². The maximum Gasteiger partial charge on any atom is 0.266 e. The van der Waals surface area contributed by atoms with Gasteiger partial charge in [0.15, 0.2) is 6.10 Å². The lowest BCUT2D eigenvalue weighted by molar-refractivity contribution is -0.126. The largest absolute Gasteiger partial charge is 0.378 e. The molecule has 0 radical (unpaired) electrons. The Morgan fingerprint density at radius 3 is 2.12 bits per heavy atom. The van der Waals surface area contributed by atoms with Crippen LogP contribution in [-0.4, -0.2) is 32.0 Å². The van der Waals surface area contributed by atoms with Crippen molar-refractivity contribution in [2.75, 3.05) is 29.0 Å². The second-order valence-corrected chi connectivity index (χ2v) is 8.97. The van der Waals surface area contributed by atoms with Gasteiger partial charge in [-0.3, -0.25) is 14.4 Å². The minimum Gasteiger partial charge on any atom is -0.378 e. The van der Waals surface area contributed by atoms with E-state index in [4.69, 9.17) is 16.4 Å². The van der Waals surface area contributed by atoms with Crippen LogP contribution in [0.2, 0.25) is 5.02 Å². The SMILES string of the molecule is Cc1ccccc1N1O[C@H]2C(=O)N(c3ccccc3Cl)C(=O)[C@@H]2[C@H]1c1ccc(N(C)C)cc1. The Labute approximate surface area is 197 Å². The van der Waals surface area contributed by atoms with Gasteiger partial charge in [-0.05, 0) is 48.4 Å². The summed E-state index contributed by atoms with van der Waals surface area (Å²) >= 11 is 6.34. The van der Waals surface area contributed by atoms with Crippen LogP contribution in [0.3, 0.4) is 0 Å². The van der Waals surface area contributed by atoms with E-state index in [0.717, 1.165) is 22.5 Å². The molecule has 0 N–H and O–H groups in total. The van der Waals surface area contributed by atoms with Gasteiger partial charge in [0.1, 0.15) is 5.92 Å². The highest BCUT2D eigenvalue weighted by atomic mass is 35.5. The minimum absolute atomic E-state index is 0.309. The van der Waals surface area contributed by atoms with E-state index in [-0.39, 0.29) is 5.91 Å². The molecule has 2 fully saturated rings. The number of hydrogen-bond acceptors (Lipinski definition) is 5. The van der Waals surface area contributed by atoms with E-state index in [1.54, 1.807) is 29.3 Å². The van der Waals surface area contributed by atoms with Gasteiger partial charge in [-0.2, -0.15) is 0 Å². The third-order valence-electron chi connectivity index (χ3n) is 6.31. The average Bonchev–Trinajstić information content (AvgIpc) is 3.31. The minimum atomic E-state index is -0.924. The average molecular weight is 462 g/mol. The first-order chi connectivity index (χ1) is 15.9. The number of amides is 2. The number of benzene rings is 3. The van der Waals surface area contributed by atoms with Crippen LogP contribution in [-0.2, 0) is 14.4 Å². The molecular weight excluding hydrogens is 438 g/mol. The lowest BCUT2D eigenvalue weighted by Crippen LogP contribution is -2.37. The second-order valence-electron chi connectivity index (χ2n) is 8.56. The fourth-order valence-electron chi connectivity index (χ4n) is 4.61. The summed E-state index contributed by atoms with van der Waals surface area (Å²) in [7, 11) is 3.95. The second kappa shape index (κ2) is 8.21. The number of imide groups is 1. The quantitative estimate of drug-likeness (QED) is 0.524. The van der Waals surface area contributed by atoms with Gasteiger partial charge in [-0.25, -0.2) is 9.96 Å². The molecule has 2 aliphatic rings. The van der Waals surface area contributed by atoms with E-state index in [0.29, 0.717) is 10.7 Å². The van der Waals surface area contributed by atoms with Crippen molar-refractivity contribution in [2.24, 2.45) is 5.92 Å². The number of halogens is 1. The first-order valence-corrected chi connectivity index (χ1v) is 11.2. The van der Waals surface area contributed by atoms with Crippen molar-refractivity contribution >= 4 is 40.5 Å². The molecule has 5 rings (SSSR count). The molecule has 168 valence electrons. The van der Waals surface area contributed by atoms with Crippen LogP contribution in [0.4, 0.5) is 17.1 Å². The fraction of sp³-hybridized carbons (Fsp3) is 0.231. The molecule has 3 aromatic rings. The molecule has 2 amide bonds. The molecule has 2 aliphatic heterocycles. The summed E-state index contributed by atoms with van der Waals surface area (Å²) in [5.41, 5.74) is 4.16. The molecule has 0 bridgehead atoms. The number of nitrogens with zero attached hydrogens (tertiary/aromatic N) is 3. The van der Waals surface area contributed by atoms with Crippen molar-refractivity contribution in [1.82, 2.24) is 0 Å². The van der Waals surface area contributed by atoms with Crippen LogP contribution >= 0.6 is 11.6 Å². The van der Waals surface area contributed by atoms with E-state index >= 15 is 0 Å². The van der Waals surface area contributed by atoms with Gasteiger partial charge in [0, 0.05) is 19.8 Å². The Morgan fingerprint density at radius 2 is 1.48 bits per heavy atom. The van der Waals surface area contributed by atoms with Crippen LogP contribution in [0.1, 0.15) is 17.2 Å². The lowest BCUT2D eigenvalue weighted by atomic mass is 9.90. The van der Waals surface area contributed by atoms with Crippen LogP contribution < -0.4 is 14.9 Å². The zero-order valence-electron chi connectivity index (χ0n) is 18.6. The predicted molar refractivity (Wildman–Crippen MR) is 129 cm³/mol. The van der Waals surface area contributed by atoms with Crippen molar-refractivity contribution < 1.29 is 14.4 Å². The number of carbonyl (C=O) groups excluding carboxylic acids is 2. The lowest BCUT2D eigenvalue weighted by Gasteiger charge is -2.30. The first kappa shape index (κ1) is 21.5. The zero-order valence-corrected chi connectivity index (χ0v) is 19.4. The third kappa shape index (κ3) is 3.46. The molecule has 3 aromatic carbocycles. The number of fused-ring (bicyclic) bond motifs is 1. The van der Waals surface area contributed by atoms with Crippen molar-refractivity contribution in [3.63, 3.8) is 0 Å². The maximum atomic E-state index is 13.7. The van der Waals surface area contributed by atoms with E-state index in [9.17, 15) is 9.59 Å². The Balaban J connectivity index is 1.60. The zero-order chi connectivity index (χ0) is 23.3. The number of para-hydroxylation sites is 2. The van der Waals surface area contributed by atoms with Gasteiger partial charge in [0.2, 0.25) is 5.91 Å². The molecule has 0 unspecified atom stereocenters. The normalized spacial score (nSPS) is 22.1. The van der Waals surface area contributed by atoms with Gasteiger partial charge in [-0.15, -0.1) is 0 Å². The van der Waals surface area contributed by atoms with Crippen LogP contribution in [0.25, 0.3) is 0 Å². The number of rotatable bonds is 4. The third-order valence-corrected chi connectivity index (χ3v) is 6.63. The standard InChI is InChI=1S/C26H24ClN3O3/c1-16-8-4-6-10-20(16)30-23(17-12-14-18(15-13-17)28(2)3)22-24(33-30)26(32)29(25(22)31)21-11-7-5-9-19(21)27/h4-15,22-24H,1-3H3/t22-,23-,24-/m1/s1. The predicted octanol–water partition coefficient (Wildman–Crippen LogP) is 4.77. The van der Waals surface area contributed by atoms with Crippen LogP contribution in [0.5, 0.6) is 0 Å². The van der Waals surface area contributed by atoms with Crippen molar-refractivity contribution in [3.8, 4) is 0 Å². The summed E-state index contributed by atoms with van der Waals surface area (Å²) in [6.07, 6.45) is -0.924. The molecule has 2 saturated heterocycles. The molecule has 0 spiro atoms. The summed E-state index contributed by atoms with van der Waals surface area (Å²) in [6.45, 7) is 1.98. The molecule has 33 heavy (non-hydrogen) atoms. The highest BCUT2D eigenvalue weighted by Gasteiger charge is 2.60. The topological polar surface area (TPSA) is 53.1 Å². The number of aryl methyl sites for hydroxylation is 1. The molecule has 3 atom stereocenters. The Hall–Kier alpha value is -3.35. The molecule has 0 aromatic heterocycles. The molecule has 6 nitrogen and oxygen atoms in total. The Kier molecular flexibility index (Phi) is 5.35. The molecular formula is C26H24ClN3O3. The highest BCUT2D eigenvalue weighted by Crippen LogP contribution is 2.49. The maximum absolute atomic E-state index is 13.7. The first-order valence-electron chi connectivity index (χ1n) is 10.8. The summed E-state index contributed by atoms with van der Waals surface area (Å²) in [4.78, 5) is 36.6. The summed E-state index contributed by atoms with van der Waals surface area (Å²) in [5, 5.41) is 2.08. The van der Waals surface area contributed by atoms with Crippen LogP contribution in [0.15, 0.2) is 72.8 Å². The van der Waals surface area contributed by atoms with Gasteiger partial charge >= 0.3 is 0 Å². The van der Waals surface area contributed by atoms with Crippen molar-refractivity contribution in [3.05, 3.63) is 88.9 Å². The van der Waals surface area contributed by atoms with Crippen molar-refractivity contribution in [1.29, 1.82) is 0 Å². The van der Waals surface area contributed by atoms with E-state index < -0.39 is 24.0 Å². The summed E-state index contributed by atoms with van der Waals surface area (Å²) in [5.74, 6) is -1.40. The summed E-state index contributed by atoms with van der Waals surface area (Å²) in [6, 6.07) is 22.2. The number of anilines is 3. The molecule has 0 saturated carbocycles. The molecule has 0 aliphatic carbocycles. The van der Waals surface area contributed by atoms with Crippen molar-refractivity contribution in [2.45, 2.75) is 19.1 Å². The van der Waals surface area contributed by atoms with Gasteiger partial charge in [0.05, 0.1) is 22.4 Å². The van der Waals surface area contributed by atoms with Gasteiger partial charge in [-0.1, -0.05) is 54.1 Å². The Bertz CT molecular complexity index is 1230. The van der Waals surface area contributed by atoms with E-state index in [2.05, 4.69) is 0 Å². The van der Waals surface area contributed by atoms with Crippen LogP contribution in [0, 0.1) is 12.8 Å². The monoisotopic (exact) mass is 461 g/mol. The van der Waals surface area contributed by atoms with E-state index in [1.165, 1.54) is 4.90 Å². The van der Waals surface area contributed by atoms with E-state index in [1.807, 2.05) is 74.4 Å². The smallest absolute Gasteiger partial charge is 0.266 e. The fourth-order valence-corrected chi connectivity index (χ4v) is 4.83. The highest BCUT2D eigenvalue weighted by molar-refractivity contribution is 6.36. The number of hydrogen-bond donors (Lipinski definition) is 0. The Morgan fingerprint density at radius 1 is 0.848 bits per heavy atom. The number of carbonyl (C=O) groups is 2. The van der Waals surface area contributed by atoms with Gasteiger partial charge < -0.3 is 4.90 Å². The number of hydroxylamine groups is 1. The summed E-state index contributed by atoms with van der Waals surface area (Å²) < 4.78 is 0.